The van der Waals surface area contributed by atoms with E-state index in [4.69, 9.17) is 5.73 Å². The summed E-state index contributed by atoms with van der Waals surface area (Å²) in [5.74, 6) is 0.931. The third kappa shape index (κ3) is 1.92. The molecule has 1 amide bonds. The second kappa shape index (κ2) is 4.61. The minimum Gasteiger partial charge on any atom is -0.333 e. The van der Waals surface area contributed by atoms with Gasteiger partial charge in [-0.3, -0.25) is 4.79 Å². The summed E-state index contributed by atoms with van der Waals surface area (Å²) in [5.41, 5.74) is 5.58. The van der Waals surface area contributed by atoms with Crippen molar-refractivity contribution >= 4 is 5.91 Å². The van der Waals surface area contributed by atoms with Crippen LogP contribution in [0, 0.1) is 5.92 Å². The van der Waals surface area contributed by atoms with Gasteiger partial charge in [-0.15, -0.1) is 10.2 Å². The molecule has 1 aliphatic rings. The Balaban J connectivity index is 2.05. The van der Waals surface area contributed by atoms with E-state index in [0.717, 1.165) is 25.3 Å². The normalized spacial score (nSPS) is 17.0. The summed E-state index contributed by atoms with van der Waals surface area (Å²) < 4.78 is 1.98. The average Bonchev–Trinajstić information content (AvgIpc) is 2.77. The number of amides is 1. The maximum Gasteiger partial charge on any atom is 0.227 e. The molecule has 6 heteroatoms. The maximum atomic E-state index is 12.1. The number of carbonyl (C=O) groups is 1. The van der Waals surface area contributed by atoms with E-state index < -0.39 is 0 Å². The van der Waals surface area contributed by atoms with Gasteiger partial charge >= 0.3 is 0 Å². The van der Waals surface area contributed by atoms with Gasteiger partial charge in [-0.1, -0.05) is 6.92 Å². The number of fused-ring (bicyclic) bond motifs is 1. The highest BCUT2D eigenvalue weighted by Gasteiger charge is 2.26. The summed E-state index contributed by atoms with van der Waals surface area (Å²) in [4.78, 5) is 13.9. The number of nitrogens with zero attached hydrogens (tertiary/aromatic N) is 4. The number of hydrogen-bond acceptors (Lipinski definition) is 4. The number of carbonyl (C=O) groups excluding carboxylic acids is 1. The lowest BCUT2D eigenvalue weighted by molar-refractivity contribution is -0.136. The second-order valence-electron chi connectivity index (χ2n) is 4.04. The molecule has 1 aromatic heterocycles. The van der Waals surface area contributed by atoms with Crippen molar-refractivity contribution in [2.75, 3.05) is 13.1 Å². The van der Waals surface area contributed by atoms with E-state index in [2.05, 4.69) is 10.2 Å². The van der Waals surface area contributed by atoms with Gasteiger partial charge in [-0.2, -0.15) is 0 Å². The fraction of sp³-hybridized carbons (Fsp3) is 0.700. The lowest BCUT2D eigenvalue weighted by atomic mass is 10.1. The Labute approximate surface area is 94.4 Å². The maximum absolute atomic E-state index is 12.1. The van der Waals surface area contributed by atoms with Gasteiger partial charge in [0.2, 0.25) is 5.91 Å². The lowest BCUT2D eigenvalue weighted by Crippen LogP contribution is -2.43. The van der Waals surface area contributed by atoms with E-state index in [1.807, 2.05) is 16.4 Å². The van der Waals surface area contributed by atoms with Gasteiger partial charge in [0, 0.05) is 19.6 Å². The van der Waals surface area contributed by atoms with Crippen LogP contribution in [0.15, 0.2) is 6.33 Å². The lowest BCUT2D eigenvalue weighted by Gasteiger charge is -2.29. The third-order valence-corrected chi connectivity index (χ3v) is 3.08. The molecule has 0 aromatic carbocycles. The quantitative estimate of drug-likeness (QED) is 0.756. The summed E-state index contributed by atoms with van der Waals surface area (Å²) in [7, 11) is 0. The van der Waals surface area contributed by atoms with Crippen LogP contribution >= 0.6 is 0 Å². The second-order valence-corrected chi connectivity index (χ2v) is 4.04. The van der Waals surface area contributed by atoms with E-state index in [1.165, 1.54) is 0 Å². The van der Waals surface area contributed by atoms with Gasteiger partial charge < -0.3 is 15.2 Å². The van der Waals surface area contributed by atoms with Gasteiger partial charge in [0.1, 0.15) is 6.33 Å². The van der Waals surface area contributed by atoms with E-state index >= 15 is 0 Å². The summed E-state index contributed by atoms with van der Waals surface area (Å²) in [6.45, 7) is 4.45. The first-order chi connectivity index (χ1) is 7.76. The molecule has 2 rings (SSSR count). The van der Waals surface area contributed by atoms with Crippen molar-refractivity contribution in [3.63, 3.8) is 0 Å². The van der Waals surface area contributed by atoms with Crippen molar-refractivity contribution in [1.29, 1.82) is 0 Å². The van der Waals surface area contributed by atoms with Crippen LogP contribution in [-0.4, -0.2) is 38.7 Å². The average molecular weight is 223 g/mol. The Hall–Kier alpha value is -1.43. The topological polar surface area (TPSA) is 77.0 Å². The molecule has 2 N–H and O–H groups in total. The van der Waals surface area contributed by atoms with E-state index in [9.17, 15) is 4.79 Å². The van der Waals surface area contributed by atoms with Crippen LogP contribution in [0.3, 0.4) is 0 Å². The van der Waals surface area contributed by atoms with Crippen LogP contribution in [0.4, 0.5) is 0 Å². The number of hydrogen-bond donors (Lipinski definition) is 1. The Morgan fingerprint density at radius 3 is 3.12 bits per heavy atom. The Morgan fingerprint density at radius 1 is 1.62 bits per heavy atom. The number of rotatable bonds is 3. The van der Waals surface area contributed by atoms with Crippen molar-refractivity contribution < 1.29 is 4.79 Å². The third-order valence-electron chi connectivity index (χ3n) is 3.08. The molecule has 0 spiro atoms. The molecule has 0 saturated carbocycles. The zero-order valence-electron chi connectivity index (χ0n) is 9.46. The summed E-state index contributed by atoms with van der Waals surface area (Å²) in [6, 6.07) is 0. The highest BCUT2D eigenvalue weighted by Crippen LogP contribution is 2.13. The Kier molecular flexibility index (Phi) is 3.19. The Morgan fingerprint density at radius 2 is 2.44 bits per heavy atom. The first-order valence-corrected chi connectivity index (χ1v) is 5.61. The summed E-state index contributed by atoms with van der Waals surface area (Å²) >= 11 is 0. The van der Waals surface area contributed by atoms with Crippen LogP contribution in [0.1, 0.15) is 19.2 Å². The minimum absolute atomic E-state index is 0.0607. The highest BCUT2D eigenvalue weighted by atomic mass is 16.2. The SMILES string of the molecule is CCC(CN)C(=O)N1CCn2cnnc2C1. The molecule has 88 valence electrons. The number of nitrogens with two attached hydrogens (primary N) is 1. The fourth-order valence-corrected chi connectivity index (χ4v) is 1.95. The fourth-order valence-electron chi connectivity index (χ4n) is 1.95. The van der Waals surface area contributed by atoms with Gasteiger partial charge in [-0.25, -0.2) is 0 Å². The molecule has 0 saturated heterocycles. The summed E-state index contributed by atoms with van der Waals surface area (Å²) in [6.07, 6.45) is 2.50. The molecule has 1 atom stereocenters. The van der Waals surface area contributed by atoms with Gasteiger partial charge in [0.25, 0.3) is 0 Å². The van der Waals surface area contributed by atoms with Crippen molar-refractivity contribution in [3.05, 3.63) is 12.2 Å². The van der Waals surface area contributed by atoms with Crippen LogP contribution < -0.4 is 5.73 Å². The zero-order chi connectivity index (χ0) is 11.5. The van der Waals surface area contributed by atoms with Crippen LogP contribution in [0.25, 0.3) is 0 Å². The van der Waals surface area contributed by atoms with Gasteiger partial charge in [0.05, 0.1) is 12.5 Å². The van der Waals surface area contributed by atoms with Gasteiger partial charge in [0.15, 0.2) is 5.82 Å². The molecular formula is C10H17N5O. The van der Waals surface area contributed by atoms with Crippen molar-refractivity contribution in [2.24, 2.45) is 11.7 Å². The monoisotopic (exact) mass is 223 g/mol. The number of aromatic nitrogens is 3. The van der Waals surface area contributed by atoms with Crippen LogP contribution in [0.5, 0.6) is 0 Å². The molecular weight excluding hydrogens is 206 g/mol. The molecule has 0 fully saturated rings. The van der Waals surface area contributed by atoms with Gasteiger partial charge in [-0.05, 0) is 6.42 Å². The predicted octanol–water partition coefficient (Wildman–Crippen LogP) is -0.395. The van der Waals surface area contributed by atoms with E-state index in [-0.39, 0.29) is 11.8 Å². The van der Waals surface area contributed by atoms with Crippen LogP contribution in [0.2, 0.25) is 0 Å². The molecule has 0 bridgehead atoms. The molecule has 6 nitrogen and oxygen atoms in total. The first-order valence-electron chi connectivity index (χ1n) is 5.61. The molecule has 0 radical (unpaired) electrons. The molecule has 1 aromatic rings. The standard InChI is InChI=1S/C10H17N5O/c1-2-8(5-11)10(16)14-3-4-15-7-12-13-9(15)6-14/h7-8H,2-6,11H2,1H3. The Bertz CT molecular complexity index is 371. The van der Waals surface area contributed by atoms with Crippen LogP contribution in [-0.2, 0) is 17.9 Å². The zero-order valence-corrected chi connectivity index (χ0v) is 9.46. The highest BCUT2D eigenvalue weighted by molar-refractivity contribution is 5.79. The smallest absolute Gasteiger partial charge is 0.227 e. The molecule has 1 unspecified atom stereocenters. The molecule has 16 heavy (non-hydrogen) atoms. The summed E-state index contributed by atoms with van der Waals surface area (Å²) in [5, 5.41) is 7.82. The molecule has 2 heterocycles. The first kappa shape index (κ1) is 11.1. The van der Waals surface area contributed by atoms with Crippen molar-refractivity contribution in [3.8, 4) is 0 Å². The predicted molar refractivity (Wildman–Crippen MR) is 58.3 cm³/mol. The molecule has 1 aliphatic heterocycles. The van der Waals surface area contributed by atoms with Crippen molar-refractivity contribution in [1.82, 2.24) is 19.7 Å². The minimum atomic E-state index is -0.0607. The van der Waals surface area contributed by atoms with E-state index in [1.54, 1.807) is 6.33 Å². The van der Waals surface area contributed by atoms with E-state index in [0.29, 0.717) is 13.1 Å². The molecule has 0 aliphatic carbocycles. The van der Waals surface area contributed by atoms with Crippen molar-refractivity contribution in [2.45, 2.75) is 26.4 Å². The largest absolute Gasteiger partial charge is 0.333 e.